The predicted molar refractivity (Wildman–Crippen MR) is 88.9 cm³/mol. The molecule has 1 heterocycles. The van der Waals surface area contributed by atoms with Crippen molar-refractivity contribution in [2.75, 3.05) is 0 Å². The monoisotopic (exact) mass is 404 g/mol. The van der Waals surface area contributed by atoms with Crippen LogP contribution in [0.4, 0.5) is 13.2 Å². The Balaban J connectivity index is 0.00000261. The second-order valence-electron chi connectivity index (χ2n) is 6.07. The molecule has 0 fully saturated rings. The van der Waals surface area contributed by atoms with Gasteiger partial charge in [0.1, 0.15) is 5.75 Å². The van der Waals surface area contributed by atoms with E-state index in [0.717, 1.165) is 17.2 Å². The van der Waals surface area contributed by atoms with E-state index in [1.807, 2.05) is 31.2 Å². The van der Waals surface area contributed by atoms with E-state index in [-0.39, 0.29) is 40.9 Å². The summed E-state index contributed by atoms with van der Waals surface area (Å²) < 4.78 is 44.3. The van der Waals surface area contributed by atoms with Crippen LogP contribution in [0.5, 0.6) is 5.75 Å². The van der Waals surface area contributed by atoms with Gasteiger partial charge in [-0.05, 0) is 42.7 Å². The molecule has 27 heavy (non-hydrogen) atoms. The van der Waals surface area contributed by atoms with Gasteiger partial charge in [-0.25, -0.2) is 0 Å². The van der Waals surface area contributed by atoms with E-state index in [0.29, 0.717) is 17.0 Å². The van der Waals surface area contributed by atoms with Crippen molar-refractivity contribution in [2.24, 2.45) is 0 Å². The minimum atomic E-state index is -4.87. The van der Waals surface area contributed by atoms with E-state index in [9.17, 15) is 23.1 Å². The summed E-state index contributed by atoms with van der Waals surface area (Å²) in [5.74, 6) is -2.00. The molecule has 0 amide bonds. The summed E-state index contributed by atoms with van der Waals surface area (Å²) >= 11 is 6.23. The van der Waals surface area contributed by atoms with Crippen LogP contribution in [0.3, 0.4) is 0 Å². The van der Waals surface area contributed by atoms with Crippen LogP contribution in [0.25, 0.3) is 6.08 Å². The normalized spacial score (nSPS) is 15.9. The van der Waals surface area contributed by atoms with Crippen LogP contribution in [0, 0.1) is 6.92 Å². The molecule has 0 bridgehead atoms. The molecule has 0 aromatic heterocycles. The van der Waals surface area contributed by atoms with Crippen molar-refractivity contribution in [3.63, 3.8) is 0 Å². The number of fused-ring (bicyclic) bond motifs is 1. The minimum Gasteiger partial charge on any atom is -0.545 e. The van der Waals surface area contributed by atoms with Gasteiger partial charge in [0, 0.05) is 16.2 Å². The third kappa shape index (κ3) is 4.88. The summed E-state index contributed by atoms with van der Waals surface area (Å²) in [6.45, 7) is 1.95. The Morgan fingerprint density at radius 3 is 2.41 bits per heavy atom. The van der Waals surface area contributed by atoms with E-state index in [4.69, 9.17) is 16.3 Å². The molecular formula is C19H13ClF3NaO3. The van der Waals surface area contributed by atoms with Gasteiger partial charge in [-0.2, -0.15) is 13.2 Å². The van der Waals surface area contributed by atoms with Crippen LogP contribution < -0.4 is 39.4 Å². The molecule has 2 aromatic rings. The molecule has 0 N–H and O–H groups in total. The van der Waals surface area contributed by atoms with Gasteiger partial charge in [0.05, 0.1) is 5.97 Å². The van der Waals surface area contributed by atoms with Crippen LogP contribution in [-0.2, 0) is 11.2 Å². The average Bonchev–Trinajstić information content (AvgIpc) is 2.55. The Morgan fingerprint density at radius 1 is 1.22 bits per heavy atom. The van der Waals surface area contributed by atoms with Crippen molar-refractivity contribution in [3.8, 4) is 5.75 Å². The number of aliphatic carboxylic acids is 1. The van der Waals surface area contributed by atoms with Crippen LogP contribution >= 0.6 is 11.6 Å². The minimum absolute atomic E-state index is 0. The number of halogens is 4. The summed E-state index contributed by atoms with van der Waals surface area (Å²) in [7, 11) is 0. The number of rotatable bonds is 3. The molecule has 8 heteroatoms. The fourth-order valence-electron chi connectivity index (χ4n) is 2.73. The van der Waals surface area contributed by atoms with Crippen molar-refractivity contribution in [3.05, 3.63) is 69.2 Å². The summed E-state index contributed by atoms with van der Waals surface area (Å²) in [6, 6.07) is 10.5. The van der Waals surface area contributed by atoms with Crippen LogP contribution in [0.2, 0.25) is 5.02 Å². The van der Waals surface area contributed by atoms with Gasteiger partial charge >= 0.3 is 35.7 Å². The SMILES string of the molecule is Cc1ccc(Cc2cc3c(cc2Cl)C=C(C(=O)[O-])[C@H](C(F)(F)F)O3)cc1.[Na+]. The number of hydrogen-bond acceptors (Lipinski definition) is 3. The maximum Gasteiger partial charge on any atom is 1.00 e. The maximum atomic E-state index is 13.1. The van der Waals surface area contributed by atoms with Gasteiger partial charge in [-0.3, -0.25) is 0 Å². The van der Waals surface area contributed by atoms with Gasteiger partial charge in [0.25, 0.3) is 0 Å². The first-order valence-corrected chi connectivity index (χ1v) is 8.07. The van der Waals surface area contributed by atoms with Gasteiger partial charge in [-0.1, -0.05) is 41.4 Å². The van der Waals surface area contributed by atoms with Crippen molar-refractivity contribution >= 4 is 23.6 Å². The number of alkyl halides is 3. The van der Waals surface area contributed by atoms with E-state index in [1.54, 1.807) is 0 Å². The molecule has 136 valence electrons. The predicted octanol–water partition coefficient (Wildman–Crippen LogP) is 0.700. The molecule has 0 spiro atoms. The van der Waals surface area contributed by atoms with Gasteiger partial charge < -0.3 is 14.6 Å². The van der Waals surface area contributed by atoms with Crippen LogP contribution in [-0.4, -0.2) is 18.2 Å². The molecule has 0 saturated carbocycles. The molecule has 0 radical (unpaired) electrons. The largest absolute Gasteiger partial charge is 1.00 e. The smallest absolute Gasteiger partial charge is 0.545 e. The van der Waals surface area contributed by atoms with E-state index in [1.165, 1.54) is 12.1 Å². The molecule has 0 aliphatic carbocycles. The number of carbonyl (C=O) groups is 1. The number of aryl methyl sites for hydroxylation is 1. The van der Waals surface area contributed by atoms with Crippen LogP contribution in [0.15, 0.2) is 42.0 Å². The zero-order valence-corrected chi connectivity index (χ0v) is 17.3. The fraction of sp³-hybridized carbons (Fsp3) is 0.211. The molecule has 3 rings (SSSR count). The van der Waals surface area contributed by atoms with E-state index in [2.05, 4.69) is 0 Å². The second-order valence-corrected chi connectivity index (χ2v) is 6.48. The van der Waals surface area contributed by atoms with Gasteiger partial charge in [0.15, 0.2) is 0 Å². The standard InChI is InChI=1S/C19H14ClF3O3.Na/c1-10-2-4-11(5-3-10)6-12-9-16-13(8-15(12)20)7-14(18(24)25)17(26-16)19(21,22)23;/h2-5,7-9,17H,6H2,1H3,(H,24,25);/q;+1/p-1/t17-;/m1./s1. The quantitative estimate of drug-likeness (QED) is 0.708. The molecular weight excluding hydrogens is 392 g/mol. The zero-order valence-electron chi connectivity index (χ0n) is 14.6. The molecule has 0 saturated heterocycles. The Bertz CT molecular complexity index is 892. The topological polar surface area (TPSA) is 49.4 Å². The maximum absolute atomic E-state index is 13.1. The molecule has 1 aliphatic rings. The number of carbonyl (C=O) groups excluding carboxylic acids is 1. The Hall–Kier alpha value is -1.47. The first-order chi connectivity index (χ1) is 12.1. The Labute approximate surface area is 181 Å². The summed E-state index contributed by atoms with van der Waals surface area (Å²) in [5, 5.41) is 11.4. The van der Waals surface area contributed by atoms with Crippen molar-refractivity contribution in [1.82, 2.24) is 0 Å². The molecule has 2 aromatic carbocycles. The zero-order chi connectivity index (χ0) is 19.1. The summed E-state index contributed by atoms with van der Waals surface area (Å²) in [6.07, 6.45) is -6.15. The first-order valence-electron chi connectivity index (χ1n) is 7.69. The number of ether oxygens (including phenoxy) is 1. The second kappa shape index (κ2) is 8.27. The number of carboxylic acid groups (broad SMARTS) is 1. The third-order valence-corrected chi connectivity index (χ3v) is 4.42. The molecule has 0 unspecified atom stereocenters. The molecule has 1 atom stereocenters. The van der Waals surface area contributed by atoms with E-state index >= 15 is 0 Å². The number of benzene rings is 2. The third-order valence-electron chi connectivity index (χ3n) is 4.07. The van der Waals surface area contributed by atoms with Crippen molar-refractivity contribution in [1.29, 1.82) is 0 Å². The van der Waals surface area contributed by atoms with E-state index < -0.39 is 23.8 Å². The van der Waals surface area contributed by atoms with Gasteiger partial charge in [-0.15, -0.1) is 0 Å². The Morgan fingerprint density at radius 2 is 1.85 bits per heavy atom. The fourth-order valence-corrected chi connectivity index (χ4v) is 2.97. The van der Waals surface area contributed by atoms with Crippen molar-refractivity contribution < 1.29 is 57.4 Å². The average molecular weight is 405 g/mol. The van der Waals surface area contributed by atoms with Crippen molar-refractivity contribution in [2.45, 2.75) is 25.6 Å². The summed E-state index contributed by atoms with van der Waals surface area (Å²) in [5.41, 5.74) is 1.79. The Kier molecular flexibility index (Phi) is 6.68. The molecule has 3 nitrogen and oxygen atoms in total. The number of hydrogen-bond donors (Lipinski definition) is 0. The number of carboxylic acids is 1. The first kappa shape index (κ1) is 21.8. The van der Waals surface area contributed by atoms with Gasteiger partial charge in [0.2, 0.25) is 6.10 Å². The summed E-state index contributed by atoms with van der Waals surface area (Å²) in [4.78, 5) is 11.0. The van der Waals surface area contributed by atoms with Crippen LogP contribution in [0.1, 0.15) is 22.3 Å². The molecule has 1 aliphatic heterocycles.